The van der Waals surface area contributed by atoms with Crippen molar-refractivity contribution in [2.75, 3.05) is 7.05 Å². The zero-order valence-electron chi connectivity index (χ0n) is 48.1. The van der Waals surface area contributed by atoms with Crippen molar-refractivity contribution in [1.29, 1.82) is 0 Å². The van der Waals surface area contributed by atoms with E-state index < -0.39 is 6.17 Å². The first-order valence-corrected chi connectivity index (χ1v) is 29.7. The highest BCUT2D eigenvalue weighted by molar-refractivity contribution is 6.30. The number of aromatic nitrogens is 2. The van der Waals surface area contributed by atoms with E-state index in [4.69, 9.17) is 27.7 Å². The second-order valence-corrected chi connectivity index (χ2v) is 23.4. The van der Waals surface area contributed by atoms with Gasteiger partial charge in [-0.15, -0.1) is 0 Å². The second-order valence-electron chi connectivity index (χ2n) is 23.4. The van der Waals surface area contributed by atoms with Crippen molar-refractivity contribution in [3.63, 3.8) is 0 Å². The average Bonchev–Trinajstić information content (AvgIpc) is 1.57. The number of furan rings is 4. The van der Waals surface area contributed by atoms with Crippen LogP contribution in [0.4, 0.5) is 0 Å². The third kappa shape index (κ3) is 7.52. The number of amidine groups is 1. The minimum Gasteiger partial charge on any atom is -0.461 e. The van der Waals surface area contributed by atoms with E-state index in [1.807, 2.05) is 31.2 Å². The van der Waals surface area contributed by atoms with E-state index in [-0.39, 0.29) is 0 Å². The molecule has 0 spiro atoms. The second kappa shape index (κ2) is 18.7. The Hall–Kier alpha value is -11.2. The molecule has 0 radical (unpaired) electrons. The molecule has 0 amide bonds. The molecule has 7 heterocycles. The van der Waals surface area contributed by atoms with Crippen LogP contribution in [0.5, 0.6) is 0 Å². The van der Waals surface area contributed by atoms with Gasteiger partial charge in [-0.2, -0.15) is 4.99 Å². The Morgan fingerprint density at radius 2 is 1.00 bits per heavy atom. The van der Waals surface area contributed by atoms with E-state index >= 15 is 0 Å². The first-order chi connectivity index (χ1) is 42.7. The fraction of sp³-hybridized carbons (Fsp3) is 0.0769. The highest BCUT2D eigenvalue weighted by atomic mass is 16.3. The molecule has 2 aliphatic rings. The number of hydrogen-bond acceptors (Lipinski definition) is 7. The number of aryl methyl sites for hydroxylation is 2. The molecule has 87 heavy (non-hydrogen) atoms. The van der Waals surface area contributed by atoms with Gasteiger partial charge >= 0.3 is 0 Å². The fourth-order valence-corrected chi connectivity index (χ4v) is 14.0. The number of likely N-dealkylation sites (N-methyl/N-ethyl adjacent to an activating group) is 1. The zero-order chi connectivity index (χ0) is 57.8. The number of hydrogen-bond donors (Lipinski definition) is 0. The number of aliphatic imine (C=N–C) groups is 2. The molecule has 0 fully saturated rings. The summed E-state index contributed by atoms with van der Waals surface area (Å²) < 4.78 is 30.3. The van der Waals surface area contributed by atoms with Gasteiger partial charge in [0.1, 0.15) is 50.9 Å². The lowest BCUT2D eigenvalue weighted by Crippen LogP contribution is -2.36. The molecule has 0 bridgehead atoms. The molecule has 414 valence electrons. The van der Waals surface area contributed by atoms with Crippen LogP contribution < -0.4 is 0 Å². The van der Waals surface area contributed by atoms with Crippen molar-refractivity contribution in [1.82, 2.24) is 14.0 Å². The van der Waals surface area contributed by atoms with Crippen molar-refractivity contribution < 1.29 is 17.7 Å². The Kier molecular flexibility index (Phi) is 10.6. The topological polar surface area (TPSA) is 90.4 Å². The number of para-hydroxylation sites is 4. The van der Waals surface area contributed by atoms with Gasteiger partial charge in [-0.1, -0.05) is 121 Å². The van der Waals surface area contributed by atoms with Crippen molar-refractivity contribution in [3.8, 4) is 27.9 Å². The molecule has 0 saturated heterocycles. The first kappa shape index (κ1) is 49.3. The zero-order valence-corrected chi connectivity index (χ0v) is 48.1. The van der Waals surface area contributed by atoms with Crippen LogP contribution in [-0.2, 0) is 0 Å². The quantitative estimate of drug-likeness (QED) is 0.165. The Morgan fingerprint density at radius 3 is 1.66 bits per heavy atom. The van der Waals surface area contributed by atoms with Gasteiger partial charge in [-0.05, 0) is 176 Å². The number of benzene rings is 10. The summed E-state index contributed by atoms with van der Waals surface area (Å²) in [5.41, 5.74) is 20.1. The lowest BCUT2D eigenvalue weighted by molar-refractivity contribution is 0.381. The minimum absolute atomic E-state index is 0.454. The molecular formula is C78H53N5O4. The SMILES string of the molecule is C/C(=C\c1c(C)oc2c1C=CCC=C2)C1=NC(n2c3ccccc3c3c4c5ccccc5n(-c5cc(-c6ccc7oc8ccccc8c7c6)cc(-c6ccc7oc8ccccc8c7c6)c5)c4ccc32)=NC(c2ccc3oc4ccc(C)cc4c3c2)N1C. The van der Waals surface area contributed by atoms with E-state index in [1.54, 1.807) is 0 Å². The van der Waals surface area contributed by atoms with Gasteiger partial charge in [0.25, 0.3) is 0 Å². The molecule has 6 aromatic heterocycles. The van der Waals surface area contributed by atoms with Gasteiger partial charge in [-0.25, -0.2) is 4.99 Å². The Morgan fingerprint density at radius 1 is 0.471 bits per heavy atom. The molecule has 10 aromatic carbocycles. The van der Waals surface area contributed by atoms with E-state index in [9.17, 15) is 0 Å². The minimum atomic E-state index is -0.454. The summed E-state index contributed by atoms with van der Waals surface area (Å²) in [6, 6.07) is 71.8. The summed E-state index contributed by atoms with van der Waals surface area (Å²) in [6.07, 6.45) is 11.2. The predicted molar refractivity (Wildman–Crippen MR) is 358 cm³/mol. The molecule has 9 nitrogen and oxygen atoms in total. The normalized spacial score (nSPS) is 14.8. The van der Waals surface area contributed by atoms with Crippen LogP contribution in [-0.4, -0.2) is 32.9 Å². The standard InChI is InChI=1S/C78H53N5O4/c1-44-26-32-70-59(36-44)62-43-49(29-35-73(62)87-70)77-80-78(79-76(81(77)4)45(2)37-58-46(3)84-67-23-7-5-6-16-53(58)67)83-64-22-13-9-20-57(64)75-66(83)31-30-65-74(75)56-19-8-12-21-63(56)82(65)52-39-50(47-27-33-71-60(41-47)54-17-10-14-24-68(54)85-71)38-51(40-52)48-28-34-72-61(42-48)55-18-11-15-25-69(55)86-72/h6-43,77H,5H2,1-4H3/b45-37+. The smallest absolute Gasteiger partial charge is 0.234 e. The third-order valence-electron chi connectivity index (χ3n) is 18.1. The predicted octanol–water partition coefficient (Wildman–Crippen LogP) is 20.9. The lowest BCUT2D eigenvalue weighted by atomic mass is 9.96. The Balaban J connectivity index is 0.865. The average molecular weight is 1120 g/mol. The molecule has 0 N–H and O–H groups in total. The Bertz CT molecular complexity index is 5690. The highest BCUT2D eigenvalue weighted by Gasteiger charge is 2.31. The largest absolute Gasteiger partial charge is 0.461 e. The van der Waals surface area contributed by atoms with Crippen molar-refractivity contribution in [3.05, 3.63) is 252 Å². The highest BCUT2D eigenvalue weighted by Crippen LogP contribution is 2.45. The number of rotatable bonds is 6. The molecule has 1 aliphatic carbocycles. The van der Waals surface area contributed by atoms with Crippen LogP contribution in [0.25, 0.3) is 156 Å². The van der Waals surface area contributed by atoms with Crippen LogP contribution in [0.3, 0.4) is 0 Å². The molecule has 9 heteroatoms. The molecular weight excluding hydrogens is 1070 g/mol. The molecule has 16 aromatic rings. The molecule has 0 saturated carbocycles. The summed E-state index contributed by atoms with van der Waals surface area (Å²) in [5, 5.41) is 11.0. The van der Waals surface area contributed by atoms with Crippen molar-refractivity contribution in [2.45, 2.75) is 33.4 Å². The van der Waals surface area contributed by atoms with Gasteiger partial charge < -0.3 is 27.1 Å². The third-order valence-corrected chi connectivity index (χ3v) is 18.1. The molecule has 1 unspecified atom stereocenters. The van der Waals surface area contributed by atoms with Gasteiger partial charge in [0, 0.05) is 77.7 Å². The summed E-state index contributed by atoms with van der Waals surface area (Å²) in [4.78, 5) is 13.6. The van der Waals surface area contributed by atoms with E-state index in [0.717, 1.165) is 183 Å². The van der Waals surface area contributed by atoms with Crippen LogP contribution in [0.15, 0.2) is 246 Å². The van der Waals surface area contributed by atoms with Crippen LogP contribution in [0.2, 0.25) is 0 Å². The maximum atomic E-state index is 6.42. The summed E-state index contributed by atoms with van der Waals surface area (Å²) in [7, 11) is 2.11. The number of fused-ring (bicyclic) bond motifs is 17. The van der Waals surface area contributed by atoms with Gasteiger partial charge in [0.2, 0.25) is 5.96 Å². The maximum absolute atomic E-state index is 6.42. The Labute approximate surface area is 498 Å². The van der Waals surface area contributed by atoms with Gasteiger partial charge in [-0.3, -0.25) is 4.57 Å². The van der Waals surface area contributed by atoms with Crippen LogP contribution >= 0.6 is 0 Å². The number of nitrogens with zero attached hydrogens (tertiary/aromatic N) is 5. The van der Waals surface area contributed by atoms with Gasteiger partial charge in [0.15, 0.2) is 6.17 Å². The summed E-state index contributed by atoms with van der Waals surface area (Å²) in [6.45, 7) is 6.32. The van der Waals surface area contributed by atoms with E-state index in [0.29, 0.717) is 5.96 Å². The maximum Gasteiger partial charge on any atom is 0.234 e. The monoisotopic (exact) mass is 1120 g/mol. The van der Waals surface area contributed by atoms with Crippen LogP contribution in [0.1, 0.15) is 53.3 Å². The van der Waals surface area contributed by atoms with Gasteiger partial charge in [0.05, 0.1) is 22.1 Å². The molecule has 18 rings (SSSR count). The summed E-state index contributed by atoms with van der Waals surface area (Å²) >= 11 is 0. The molecule has 1 atom stereocenters. The van der Waals surface area contributed by atoms with Crippen molar-refractivity contribution in [2.24, 2.45) is 9.98 Å². The van der Waals surface area contributed by atoms with E-state index in [1.165, 1.54) is 5.56 Å². The first-order valence-electron chi connectivity index (χ1n) is 29.7. The van der Waals surface area contributed by atoms with Crippen LogP contribution in [0, 0.1) is 13.8 Å². The number of allylic oxidation sites excluding steroid dienone is 2. The summed E-state index contributed by atoms with van der Waals surface area (Å²) in [5.74, 6) is 3.12. The lowest BCUT2D eigenvalue weighted by Gasteiger charge is -2.33. The molecule has 1 aliphatic heterocycles. The van der Waals surface area contributed by atoms with E-state index in [2.05, 4.69) is 241 Å². The van der Waals surface area contributed by atoms with Crippen molar-refractivity contribution >= 4 is 139 Å². The fourth-order valence-electron chi connectivity index (χ4n) is 14.0.